The maximum atomic E-state index is 13.6. The normalized spacial score (nSPS) is 14.6. The van der Waals surface area contributed by atoms with Crippen LogP contribution in [-0.4, -0.2) is 81.3 Å². The molecule has 0 spiro atoms. The van der Waals surface area contributed by atoms with Crippen LogP contribution in [0.15, 0.2) is 85.2 Å². The number of aryl methyl sites for hydroxylation is 2. The van der Waals surface area contributed by atoms with Gasteiger partial charge in [0.1, 0.15) is 11.4 Å². The number of rotatable bonds is 19. The maximum absolute atomic E-state index is 13.6. The second kappa shape index (κ2) is 26.3. The fourth-order valence-electron chi connectivity index (χ4n) is 8.36. The Balaban J connectivity index is 0.000000240. The third kappa shape index (κ3) is 15.7. The number of piperidine rings is 2. The third-order valence-electron chi connectivity index (χ3n) is 12.4. The van der Waals surface area contributed by atoms with Crippen LogP contribution in [-0.2, 0) is 25.9 Å². The Labute approximate surface area is 377 Å². The number of benzene rings is 2. The molecule has 0 atom stereocenters. The maximum Gasteiger partial charge on any atom is 0.272 e. The molecule has 0 radical (unpaired) electrons. The molecule has 2 amide bonds. The summed E-state index contributed by atoms with van der Waals surface area (Å²) in [4.78, 5) is 42.5. The standard InChI is InChI=1S/C29H40N4O.C24H30N4O/c1-4-5-6-7-25-12-13-28(31-21-25)29(34)33(22-26-10-8-24(20-30)9-11-26)27-15-18-32(19-16-27)17-14-23(2)3;1-2-3-4-5-20-10-11-23(27-17-20)24(29)28(22-12-14-26-15-13-22)18-21-8-6-19(16-25)7-9-21/h8-13,21,23,27H,4-7,14-19,22H2,1-3H3;6-11,17,22,26H,2-5,12-15,18H2,1H3. The zero-order chi connectivity index (χ0) is 44.8. The van der Waals surface area contributed by atoms with Crippen molar-refractivity contribution in [2.45, 2.75) is 136 Å². The number of nitrogens with zero attached hydrogens (tertiary/aromatic N) is 7. The molecular formula is C53H70N8O2. The summed E-state index contributed by atoms with van der Waals surface area (Å²) in [5.41, 5.74) is 6.77. The Bertz CT molecular complexity index is 2040. The lowest BCUT2D eigenvalue weighted by atomic mass is 10.00. The smallest absolute Gasteiger partial charge is 0.272 e. The van der Waals surface area contributed by atoms with Gasteiger partial charge in [-0.15, -0.1) is 0 Å². The molecule has 63 heavy (non-hydrogen) atoms. The van der Waals surface area contributed by atoms with E-state index >= 15 is 0 Å². The van der Waals surface area contributed by atoms with Gasteiger partial charge in [-0.1, -0.05) is 89.8 Å². The molecule has 4 aromatic rings. The number of nitrogens with one attached hydrogen (secondary N) is 1. The van der Waals surface area contributed by atoms with Crippen LogP contribution < -0.4 is 5.32 Å². The van der Waals surface area contributed by atoms with Crippen molar-refractivity contribution < 1.29 is 9.59 Å². The van der Waals surface area contributed by atoms with Crippen molar-refractivity contribution in [1.82, 2.24) is 30.0 Å². The van der Waals surface area contributed by atoms with E-state index in [1.165, 1.54) is 43.2 Å². The number of aromatic nitrogens is 2. The van der Waals surface area contributed by atoms with Gasteiger partial charge in [0.25, 0.3) is 11.8 Å². The van der Waals surface area contributed by atoms with Crippen LogP contribution >= 0.6 is 0 Å². The third-order valence-corrected chi connectivity index (χ3v) is 12.4. The summed E-state index contributed by atoms with van der Waals surface area (Å²) in [5, 5.41) is 21.5. The van der Waals surface area contributed by atoms with Crippen LogP contribution in [0.25, 0.3) is 0 Å². The van der Waals surface area contributed by atoms with Crippen LogP contribution in [0.1, 0.15) is 153 Å². The Morgan fingerprint density at radius 1 is 0.651 bits per heavy atom. The number of hydrogen-bond donors (Lipinski definition) is 1. The first-order valence-electron chi connectivity index (χ1n) is 23.6. The van der Waals surface area contributed by atoms with Crippen LogP contribution in [0.2, 0.25) is 0 Å². The van der Waals surface area contributed by atoms with Gasteiger partial charge in [-0.2, -0.15) is 10.5 Å². The SMILES string of the molecule is CCCCCc1ccc(C(=O)N(Cc2ccc(C#N)cc2)C2CCN(CCC(C)C)CC2)nc1.CCCCCc1ccc(C(=O)N(Cc2ccc(C#N)cc2)C2CCNCC2)nc1. The van der Waals surface area contributed by atoms with Gasteiger partial charge < -0.3 is 20.0 Å². The van der Waals surface area contributed by atoms with Crippen LogP contribution in [0, 0.1) is 28.6 Å². The van der Waals surface area contributed by atoms with Crippen molar-refractivity contribution in [3.63, 3.8) is 0 Å². The molecule has 0 saturated carbocycles. The van der Waals surface area contributed by atoms with Crippen molar-refractivity contribution in [3.8, 4) is 12.1 Å². The molecule has 10 nitrogen and oxygen atoms in total. The van der Waals surface area contributed by atoms with Gasteiger partial charge in [0.15, 0.2) is 0 Å². The number of likely N-dealkylation sites (tertiary alicyclic amines) is 1. The van der Waals surface area contributed by atoms with E-state index in [1.54, 1.807) is 0 Å². The lowest BCUT2D eigenvalue weighted by Gasteiger charge is -2.38. The van der Waals surface area contributed by atoms with Crippen LogP contribution in [0.4, 0.5) is 0 Å². The minimum absolute atomic E-state index is 0.00472. The predicted octanol–water partition coefficient (Wildman–Crippen LogP) is 9.92. The molecule has 10 heteroatoms. The molecule has 0 aliphatic carbocycles. The Kier molecular flexibility index (Phi) is 20.3. The molecule has 334 valence electrons. The highest BCUT2D eigenvalue weighted by Gasteiger charge is 2.30. The second-order valence-electron chi connectivity index (χ2n) is 17.7. The predicted molar refractivity (Wildman–Crippen MR) is 252 cm³/mol. The van der Waals surface area contributed by atoms with Gasteiger partial charge in [0, 0.05) is 50.7 Å². The van der Waals surface area contributed by atoms with E-state index in [9.17, 15) is 9.59 Å². The molecule has 6 rings (SSSR count). The molecule has 1 N–H and O–H groups in total. The van der Waals surface area contributed by atoms with Crippen molar-refractivity contribution in [2.75, 3.05) is 32.7 Å². The summed E-state index contributed by atoms with van der Waals surface area (Å²) in [7, 11) is 0. The zero-order valence-electron chi connectivity index (χ0n) is 38.4. The topological polar surface area (TPSA) is 129 Å². The first kappa shape index (κ1) is 48.6. The molecule has 2 aromatic heterocycles. The molecule has 0 unspecified atom stereocenters. The average Bonchev–Trinajstić information content (AvgIpc) is 3.33. The Morgan fingerprint density at radius 3 is 1.46 bits per heavy atom. The van der Waals surface area contributed by atoms with E-state index in [0.717, 1.165) is 95.2 Å². The van der Waals surface area contributed by atoms with Gasteiger partial charge in [0.2, 0.25) is 0 Å². The van der Waals surface area contributed by atoms with Gasteiger partial charge in [-0.05, 0) is 142 Å². The molecular weight excluding hydrogens is 781 g/mol. The summed E-state index contributed by atoms with van der Waals surface area (Å²) < 4.78 is 0. The Morgan fingerprint density at radius 2 is 1.08 bits per heavy atom. The van der Waals surface area contributed by atoms with Gasteiger partial charge in [-0.3, -0.25) is 19.6 Å². The van der Waals surface area contributed by atoms with Crippen molar-refractivity contribution >= 4 is 11.8 Å². The van der Waals surface area contributed by atoms with E-state index in [0.29, 0.717) is 41.5 Å². The summed E-state index contributed by atoms with van der Waals surface area (Å²) in [5.74, 6) is 0.703. The zero-order valence-corrected chi connectivity index (χ0v) is 38.4. The fraction of sp³-hybridized carbons (Fsp3) is 0.509. The van der Waals surface area contributed by atoms with Crippen molar-refractivity contribution in [1.29, 1.82) is 10.5 Å². The van der Waals surface area contributed by atoms with E-state index in [4.69, 9.17) is 10.5 Å². The molecule has 2 aliphatic rings. The number of nitriles is 2. The van der Waals surface area contributed by atoms with Gasteiger partial charge in [0.05, 0.1) is 23.3 Å². The summed E-state index contributed by atoms with van der Waals surface area (Å²) in [6.07, 6.45) is 18.0. The van der Waals surface area contributed by atoms with Crippen molar-refractivity contribution in [2.24, 2.45) is 5.92 Å². The first-order valence-corrected chi connectivity index (χ1v) is 23.6. The summed E-state index contributed by atoms with van der Waals surface area (Å²) in [6, 6.07) is 27.6. The highest BCUT2D eigenvalue weighted by molar-refractivity contribution is 5.93. The number of unbranched alkanes of at least 4 members (excludes halogenated alkanes) is 4. The Hall–Kier alpha value is -5.42. The monoisotopic (exact) mass is 851 g/mol. The highest BCUT2D eigenvalue weighted by atomic mass is 16.2. The highest BCUT2D eigenvalue weighted by Crippen LogP contribution is 2.23. The first-order chi connectivity index (χ1) is 30.7. The minimum Gasteiger partial charge on any atom is -0.330 e. The number of carbonyl (C=O) groups excluding carboxylic acids is 2. The molecule has 2 saturated heterocycles. The van der Waals surface area contributed by atoms with E-state index < -0.39 is 0 Å². The molecule has 2 fully saturated rings. The second-order valence-corrected chi connectivity index (χ2v) is 17.7. The average molecular weight is 851 g/mol. The molecule has 0 bridgehead atoms. The van der Waals surface area contributed by atoms with Gasteiger partial charge >= 0.3 is 0 Å². The summed E-state index contributed by atoms with van der Waals surface area (Å²) in [6.45, 7) is 15.1. The largest absolute Gasteiger partial charge is 0.330 e. The number of amides is 2. The minimum atomic E-state index is -0.0126. The quantitative estimate of drug-likeness (QED) is 0.0924. The van der Waals surface area contributed by atoms with Crippen LogP contribution in [0.5, 0.6) is 0 Å². The summed E-state index contributed by atoms with van der Waals surface area (Å²) >= 11 is 0. The van der Waals surface area contributed by atoms with E-state index in [-0.39, 0.29) is 23.9 Å². The number of carbonyl (C=O) groups is 2. The van der Waals surface area contributed by atoms with Gasteiger partial charge in [-0.25, -0.2) is 0 Å². The van der Waals surface area contributed by atoms with E-state index in [2.05, 4.69) is 66.1 Å². The number of hydrogen-bond acceptors (Lipinski definition) is 8. The lowest BCUT2D eigenvalue weighted by Crippen LogP contribution is -2.47. The number of pyridine rings is 2. The molecule has 2 aromatic carbocycles. The lowest BCUT2D eigenvalue weighted by molar-refractivity contribution is 0.0540. The molecule has 2 aliphatic heterocycles. The fourth-order valence-corrected chi connectivity index (χ4v) is 8.36. The van der Waals surface area contributed by atoms with Crippen LogP contribution in [0.3, 0.4) is 0 Å². The molecule has 4 heterocycles. The van der Waals surface area contributed by atoms with Crippen molar-refractivity contribution in [3.05, 3.63) is 130 Å². The van der Waals surface area contributed by atoms with E-state index in [1.807, 2.05) is 88.9 Å².